The van der Waals surface area contributed by atoms with E-state index in [0.717, 1.165) is 0 Å². The molecule has 1 aromatic carbocycles. The molecule has 1 aromatic rings. The first-order valence-corrected chi connectivity index (χ1v) is 6.24. The summed E-state index contributed by atoms with van der Waals surface area (Å²) in [4.78, 5) is 30.8. The fourth-order valence-electron chi connectivity index (χ4n) is 1.89. The van der Waals surface area contributed by atoms with Crippen molar-refractivity contribution in [3.05, 3.63) is 35.4 Å². The Kier molecular flexibility index (Phi) is 2.85. The molecule has 0 N–H and O–H groups in total. The number of carbonyl (C=O) groups is 2. The Morgan fingerprint density at radius 2 is 1.15 bits per heavy atom. The lowest BCUT2D eigenvalue weighted by Crippen LogP contribution is -2.11. The van der Waals surface area contributed by atoms with Crippen molar-refractivity contribution in [3.63, 3.8) is 0 Å². The molecule has 0 bridgehead atoms. The van der Waals surface area contributed by atoms with E-state index in [1.807, 2.05) is 0 Å². The van der Waals surface area contributed by atoms with Crippen LogP contribution in [0.15, 0.2) is 34.3 Å². The van der Waals surface area contributed by atoms with Gasteiger partial charge < -0.3 is 9.47 Å². The van der Waals surface area contributed by atoms with Gasteiger partial charge in [-0.25, -0.2) is 19.6 Å². The van der Waals surface area contributed by atoms with Crippen LogP contribution in [0.2, 0.25) is 0 Å². The molecular formula is C14H12N2O4. The molecule has 0 saturated heterocycles. The summed E-state index contributed by atoms with van der Waals surface area (Å²) in [6.07, 6.45) is 0. The van der Waals surface area contributed by atoms with Crippen molar-refractivity contribution in [3.8, 4) is 0 Å². The molecule has 0 aliphatic carbocycles. The molecule has 2 heterocycles. The largest absolute Gasteiger partial charge is 0.406 e. The van der Waals surface area contributed by atoms with Crippen LogP contribution >= 0.6 is 0 Å². The summed E-state index contributed by atoms with van der Waals surface area (Å²) in [6, 6.07) is 6.06. The summed E-state index contributed by atoms with van der Waals surface area (Å²) in [5.41, 5.74) is 1.40. The lowest BCUT2D eigenvalue weighted by atomic mass is 10.1. The first-order chi connectivity index (χ1) is 9.54. The number of hydrogen-bond acceptors (Lipinski definition) is 6. The van der Waals surface area contributed by atoms with Crippen LogP contribution in [0.5, 0.6) is 0 Å². The fraction of sp³-hybridized carbons (Fsp3) is 0.286. The molecule has 0 saturated carbocycles. The smallest absolute Gasteiger partial charge is 0.337 e. The average molecular weight is 272 g/mol. The minimum absolute atomic E-state index is 0.313. The van der Waals surface area contributed by atoms with E-state index < -0.39 is 12.1 Å². The summed E-state index contributed by atoms with van der Waals surface area (Å²) in [5, 5.41) is 0. The average Bonchev–Trinajstić information content (AvgIpc) is 2.94. The number of ether oxygens (including phenoxy) is 2. The third-order valence-electron chi connectivity index (χ3n) is 3.08. The van der Waals surface area contributed by atoms with Crippen LogP contribution in [0.25, 0.3) is 0 Å². The lowest BCUT2D eigenvalue weighted by Gasteiger charge is -2.02. The van der Waals surface area contributed by atoms with Gasteiger partial charge in [-0.15, -0.1) is 0 Å². The van der Waals surface area contributed by atoms with Gasteiger partial charge in [0.2, 0.25) is 11.8 Å². The molecule has 0 spiro atoms. The Bertz CT molecular complexity index is 589. The van der Waals surface area contributed by atoms with Crippen LogP contribution in [0.4, 0.5) is 0 Å². The Morgan fingerprint density at radius 3 is 1.40 bits per heavy atom. The van der Waals surface area contributed by atoms with E-state index in [4.69, 9.17) is 9.47 Å². The van der Waals surface area contributed by atoms with E-state index >= 15 is 0 Å². The molecule has 0 fully saturated rings. The first-order valence-electron chi connectivity index (χ1n) is 6.24. The van der Waals surface area contributed by atoms with Crippen molar-refractivity contribution in [1.29, 1.82) is 0 Å². The Balaban J connectivity index is 1.83. The quantitative estimate of drug-likeness (QED) is 0.754. The molecule has 2 aliphatic rings. The maximum absolute atomic E-state index is 11.3. The van der Waals surface area contributed by atoms with Crippen LogP contribution in [-0.4, -0.2) is 35.8 Å². The normalized spacial score (nSPS) is 25.1. The monoisotopic (exact) mass is 272 g/mol. The number of cyclic esters (lactones) is 2. The molecular weight excluding hydrogens is 260 g/mol. The minimum atomic E-state index is -0.467. The molecule has 2 atom stereocenters. The summed E-state index contributed by atoms with van der Waals surface area (Å²) in [6.45, 7) is 3.36. The zero-order valence-corrected chi connectivity index (χ0v) is 11.0. The summed E-state index contributed by atoms with van der Waals surface area (Å²) in [5.74, 6) is -0.0838. The molecule has 0 aromatic heterocycles. The van der Waals surface area contributed by atoms with E-state index in [0.29, 0.717) is 22.9 Å². The van der Waals surface area contributed by atoms with Crippen molar-refractivity contribution < 1.29 is 19.1 Å². The van der Waals surface area contributed by atoms with Gasteiger partial charge in [0.1, 0.15) is 12.1 Å². The van der Waals surface area contributed by atoms with E-state index in [2.05, 4.69) is 9.98 Å². The van der Waals surface area contributed by atoms with Crippen LogP contribution in [-0.2, 0) is 19.1 Å². The van der Waals surface area contributed by atoms with Gasteiger partial charge in [0.15, 0.2) is 0 Å². The second-order valence-corrected chi connectivity index (χ2v) is 4.64. The van der Waals surface area contributed by atoms with Crippen LogP contribution in [0.1, 0.15) is 25.0 Å². The molecule has 0 amide bonds. The van der Waals surface area contributed by atoms with Gasteiger partial charge in [-0.1, -0.05) is 0 Å². The van der Waals surface area contributed by atoms with Crippen molar-refractivity contribution in [1.82, 2.24) is 0 Å². The van der Waals surface area contributed by atoms with Crippen LogP contribution in [0.3, 0.4) is 0 Å². The van der Waals surface area contributed by atoms with Gasteiger partial charge >= 0.3 is 11.9 Å². The zero-order valence-electron chi connectivity index (χ0n) is 11.0. The maximum Gasteiger partial charge on any atom is 0.337 e. The number of hydrogen-bond donors (Lipinski definition) is 0. The highest BCUT2D eigenvalue weighted by Crippen LogP contribution is 2.17. The molecule has 6 nitrogen and oxygen atoms in total. The number of aliphatic imine (C=N–C) groups is 2. The number of esters is 2. The van der Waals surface area contributed by atoms with E-state index in [1.54, 1.807) is 38.1 Å². The molecule has 2 aliphatic heterocycles. The molecule has 2 unspecified atom stereocenters. The van der Waals surface area contributed by atoms with Crippen LogP contribution < -0.4 is 0 Å². The maximum atomic E-state index is 11.3. The summed E-state index contributed by atoms with van der Waals surface area (Å²) >= 11 is 0. The van der Waals surface area contributed by atoms with Gasteiger partial charge in [0.25, 0.3) is 0 Å². The number of rotatable bonds is 2. The fourth-order valence-corrected chi connectivity index (χ4v) is 1.89. The molecule has 6 heteroatoms. The SMILES string of the molecule is CC1N=C(c2ccc(C3=NC(C)C(=O)O3)cc2)OC1=O. The van der Waals surface area contributed by atoms with Crippen molar-refractivity contribution in [2.45, 2.75) is 25.9 Å². The lowest BCUT2D eigenvalue weighted by molar-refractivity contribution is -0.135. The Labute approximate surface area is 115 Å². The van der Waals surface area contributed by atoms with Gasteiger partial charge in [-0.3, -0.25) is 0 Å². The van der Waals surface area contributed by atoms with Crippen molar-refractivity contribution >= 4 is 23.7 Å². The van der Waals surface area contributed by atoms with Gasteiger partial charge in [-0.2, -0.15) is 0 Å². The minimum Gasteiger partial charge on any atom is -0.406 e. The number of carbonyl (C=O) groups excluding carboxylic acids is 2. The molecule has 20 heavy (non-hydrogen) atoms. The van der Waals surface area contributed by atoms with Crippen molar-refractivity contribution in [2.24, 2.45) is 9.98 Å². The highest BCUT2D eigenvalue weighted by Gasteiger charge is 2.27. The third kappa shape index (κ3) is 2.09. The predicted molar refractivity (Wildman–Crippen MR) is 70.6 cm³/mol. The van der Waals surface area contributed by atoms with Gasteiger partial charge in [0.05, 0.1) is 0 Å². The van der Waals surface area contributed by atoms with E-state index in [-0.39, 0.29) is 11.9 Å². The number of benzene rings is 1. The van der Waals surface area contributed by atoms with E-state index in [1.165, 1.54) is 0 Å². The first kappa shape index (κ1) is 12.5. The second-order valence-electron chi connectivity index (χ2n) is 4.64. The molecule has 3 rings (SSSR count). The van der Waals surface area contributed by atoms with Crippen molar-refractivity contribution in [2.75, 3.05) is 0 Å². The standard InChI is InChI=1S/C14H12N2O4/c1-7-13(17)19-11(15-7)9-3-5-10(6-4-9)12-16-8(2)14(18)20-12/h3-8H,1-2H3. The Morgan fingerprint density at radius 1 is 0.800 bits per heavy atom. The summed E-state index contributed by atoms with van der Waals surface area (Å²) < 4.78 is 10.1. The summed E-state index contributed by atoms with van der Waals surface area (Å²) in [7, 11) is 0. The number of nitrogens with zero attached hydrogens (tertiary/aromatic N) is 2. The van der Waals surface area contributed by atoms with Gasteiger partial charge in [-0.05, 0) is 38.1 Å². The molecule has 0 radical (unpaired) electrons. The zero-order chi connectivity index (χ0) is 14.3. The van der Waals surface area contributed by atoms with E-state index in [9.17, 15) is 9.59 Å². The predicted octanol–water partition coefficient (Wildman–Crippen LogP) is 1.07. The van der Waals surface area contributed by atoms with Crippen LogP contribution in [0, 0.1) is 0 Å². The van der Waals surface area contributed by atoms with Gasteiger partial charge in [0, 0.05) is 11.1 Å². The third-order valence-corrected chi connectivity index (χ3v) is 3.08. The molecule has 102 valence electrons. The highest BCUT2D eigenvalue weighted by atomic mass is 16.6. The Hall–Kier alpha value is -2.50. The second kappa shape index (κ2) is 4.56. The highest BCUT2D eigenvalue weighted by molar-refractivity contribution is 6.08. The topological polar surface area (TPSA) is 77.3 Å².